The van der Waals surface area contributed by atoms with Crippen LogP contribution in [0, 0.1) is 17.8 Å². The second-order valence-electron chi connectivity index (χ2n) is 16.5. The molecule has 1 N–H and O–H groups in total. The van der Waals surface area contributed by atoms with Gasteiger partial charge in [0.15, 0.2) is 0 Å². The van der Waals surface area contributed by atoms with Crippen LogP contribution < -0.4 is 14.4 Å². The van der Waals surface area contributed by atoms with Crippen molar-refractivity contribution in [3.8, 4) is 5.75 Å². The quantitative estimate of drug-likeness (QED) is 0.271. The smallest absolute Gasteiger partial charge is 0.286 e. The van der Waals surface area contributed by atoms with Gasteiger partial charge in [0.05, 0.1) is 55.1 Å². The Balaban J connectivity index is 1.18. The van der Waals surface area contributed by atoms with E-state index in [0.717, 1.165) is 55.1 Å². The normalized spacial score (nSPS) is 32.1. The lowest BCUT2D eigenvalue weighted by Crippen LogP contribution is -2.49. The number of amides is 2. The lowest BCUT2D eigenvalue weighted by atomic mass is 9.68. The number of carbonyl (C=O) groups is 2. The van der Waals surface area contributed by atoms with Crippen molar-refractivity contribution in [1.82, 2.24) is 9.29 Å². The first kappa shape index (κ1) is 39.2. The Bertz CT molecular complexity index is 2140. The van der Waals surface area contributed by atoms with Gasteiger partial charge in [-0.25, -0.2) is 4.21 Å². The predicted octanol–water partition coefficient (Wildman–Crippen LogP) is 7.14. The second kappa shape index (κ2) is 15.9. The maximum absolute atomic E-state index is 15.1. The Morgan fingerprint density at radius 1 is 1.12 bits per heavy atom. The molecule has 3 aliphatic heterocycles. The van der Waals surface area contributed by atoms with Crippen LogP contribution in [0.4, 0.5) is 5.69 Å². The summed E-state index contributed by atoms with van der Waals surface area (Å²) in [6.45, 7) is 7.04. The van der Waals surface area contributed by atoms with Gasteiger partial charge in [0.2, 0.25) is 0 Å². The van der Waals surface area contributed by atoms with Crippen molar-refractivity contribution < 1.29 is 32.7 Å². The van der Waals surface area contributed by atoms with Crippen LogP contribution in [0.3, 0.4) is 0 Å². The van der Waals surface area contributed by atoms with Crippen molar-refractivity contribution in [3.05, 3.63) is 93.8 Å². The number of aryl methyl sites for hydroxylation is 1. The van der Waals surface area contributed by atoms with Crippen LogP contribution in [0.2, 0.25) is 5.02 Å². The molecule has 11 nitrogen and oxygen atoms in total. The summed E-state index contributed by atoms with van der Waals surface area (Å²) in [5.41, 5.74) is 4.52. The number of rotatable bonds is 5. The van der Waals surface area contributed by atoms with E-state index in [0.29, 0.717) is 68.0 Å². The molecule has 5 aliphatic rings. The van der Waals surface area contributed by atoms with Crippen molar-refractivity contribution in [2.75, 3.05) is 45.4 Å². The molecule has 8 atom stereocenters. The summed E-state index contributed by atoms with van der Waals surface area (Å²) in [5.74, 6) is 0.000660. The van der Waals surface area contributed by atoms with E-state index in [1.165, 1.54) is 11.1 Å². The summed E-state index contributed by atoms with van der Waals surface area (Å²) < 4.78 is 48.2. The van der Waals surface area contributed by atoms with E-state index in [9.17, 15) is 9.59 Å². The molecule has 2 aromatic carbocycles. The molecular weight excluding hydrogens is 752 g/mol. The van der Waals surface area contributed by atoms with Crippen molar-refractivity contribution in [2.45, 2.75) is 88.4 Å². The minimum Gasteiger partial charge on any atom is -0.490 e. The highest BCUT2D eigenvalue weighted by atomic mass is 35.5. The number of anilines is 1. The Hall–Kier alpha value is -3.68. The highest BCUT2D eigenvalue weighted by Crippen LogP contribution is 2.47. The number of allylic oxidation sites excluding steroid dienone is 1. The fraction of sp³-hybridized carbons (Fsp3) is 0.535. The van der Waals surface area contributed by atoms with Crippen LogP contribution in [0.5, 0.6) is 5.75 Å². The third kappa shape index (κ3) is 7.55. The maximum Gasteiger partial charge on any atom is 0.286 e. The fourth-order valence-electron chi connectivity index (χ4n) is 9.41. The van der Waals surface area contributed by atoms with E-state index in [-0.39, 0.29) is 23.5 Å². The number of benzene rings is 2. The molecule has 2 aliphatic carbocycles. The van der Waals surface area contributed by atoms with Crippen molar-refractivity contribution in [3.63, 3.8) is 0 Å². The first-order valence-corrected chi connectivity index (χ1v) is 21.9. The molecule has 1 saturated carbocycles. The fourth-order valence-corrected chi connectivity index (χ4v) is 11.5. The van der Waals surface area contributed by atoms with Gasteiger partial charge in [-0.3, -0.25) is 14.3 Å². The highest BCUT2D eigenvalue weighted by molar-refractivity contribution is 7.93. The zero-order chi connectivity index (χ0) is 39.2. The zero-order valence-corrected chi connectivity index (χ0v) is 34.3. The number of fused-ring (bicyclic) bond motifs is 5. The van der Waals surface area contributed by atoms with Gasteiger partial charge in [0, 0.05) is 55.2 Å². The molecule has 3 aromatic rings. The first-order chi connectivity index (χ1) is 27.0. The summed E-state index contributed by atoms with van der Waals surface area (Å²) in [7, 11) is -0.252. The number of nitrogens with zero attached hydrogens (tertiary/aromatic N) is 3. The van der Waals surface area contributed by atoms with Crippen LogP contribution >= 0.6 is 11.6 Å². The number of nitrogens with one attached hydrogen (secondary N) is 1. The predicted molar refractivity (Wildman–Crippen MR) is 217 cm³/mol. The second-order valence-corrected chi connectivity index (χ2v) is 19.2. The lowest BCUT2D eigenvalue weighted by Gasteiger charge is -2.46. The van der Waals surface area contributed by atoms with Crippen LogP contribution in [-0.2, 0) is 49.1 Å². The third-order valence-electron chi connectivity index (χ3n) is 13.0. The number of halogens is 1. The largest absolute Gasteiger partial charge is 0.490 e. The minimum atomic E-state index is -3.65. The average Bonchev–Trinajstić information content (AvgIpc) is 3.54. The van der Waals surface area contributed by atoms with E-state index < -0.39 is 27.0 Å². The van der Waals surface area contributed by atoms with Gasteiger partial charge >= 0.3 is 0 Å². The summed E-state index contributed by atoms with van der Waals surface area (Å²) in [6, 6.07) is 13.4. The first-order valence-electron chi connectivity index (χ1n) is 19.9. The molecule has 300 valence electrons. The van der Waals surface area contributed by atoms with E-state index in [1.54, 1.807) is 39.5 Å². The van der Waals surface area contributed by atoms with Gasteiger partial charge in [-0.2, -0.15) is 0 Å². The van der Waals surface area contributed by atoms with Gasteiger partial charge in [0.25, 0.3) is 11.8 Å². The van der Waals surface area contributed by atoms with Gasteiger partial charge in [-0.1, -0.05) is 36.7 Å². The van der Waals surface area contributed by atoms with Gasteiger partial charge in [-0.15, -0.1) is 4.36 Å². The van der Waals surface area contributed by atoms with Gasteiger partial charge in [0.1, 0.15) is 15.7 Å². The zero-order valence-electron chi connectivity index (χ0n) is 32.7. The molecular formula is C43H53ClN4O7S. The monoisotopic (exact) mass is 804 g/mol. The summed E-state index contributed by atoms with van der Waals surface area (Å²) >= 11 is 6.48. The van der Waals surface area contributed by atoms with Crippen LogP contribution in [-0.4, -0.2) is 78.6 Å². The minimum absolute atomic E-state index is 0.0756. The number of carbonyl (C=O) groups excluding carboxylic acids is 2. The van der Waals surface area contributed by atoms with Crippen LogP contribution in [0.25, 0.3) is 0 Å². The molecule has 0 radical (unpaired) electrons. The molecule has 1 fully saturated rings. The Morgan fingerprint density at radius 3 is 2.77 bits per heavy atom. The van der Waals surface area contributed by atoms with E-state index in [4.69, 9.17) is 30.5 Å². The molecule has 2 bridgehead atoms. The number of ether oxygens (including phenoxy) is 4. The van der Waals surface area contributed by atoms with E-state index >= 15 is 4.21 Å². The molecule has 8 unspecified atom stereocenters. The molecule has 2 amide bonds. The molecule has 8 rings (SSSR count). The Kier molecular flexibility index (Phi) is 11.1. The Morgan fingerprint density at radius 2 is 1.98 bits per heavy atom. The standard InChI is InChI=1S/C43H53ClN4O7S/c1-27-7-5-9-39(53-4)36-13-10-31(36)20-48-25-43(16-6-8-29-17-33(44)12-14-37(29)43)26-55-40-15-11-30(19-38(40)48)41(49)45-56(51,28(27)2)46-42(50)32-18-34-23-54-35(24-52-3)22-47(34)21-32/h5,9,11-12,14-15,17-19,21,27-28,31,35-36,39H,6-8,10,13,16,20,22-26H2,1-4H3,(H,45,46,49,50,51)/b9-5+. The number of aromatic nitrogens is 1. The maximum atomic E-state index is 15.1. The van der Waals surface area contributed by atoms with Crippen LogP contribution in [0.15, 0.2) is 65.2 Å². The third-order valence-corrected chi connectivity index (χ3v) is 15.6. The molecule has 4 heterocycles. The van der Waals surface area contributed by atoms with E-state index in [1.807, 2.05) is 29.7 Å². The number of hydrogen-bond acceptors (Lipinski definition) is 8. The van der Waals surface area contributed by atoms with Gasteiger partial charge in [-0.05, 0) is 111 Å². The summed E-state index contributed by atoms with van der Waals surface area (Å²) in [6.07, 6.45) is 11.4. The molecule has 0 saturated heterocycles. The topological polar surface area (TPSA) is 121 Å². The molecule has 56 heavy (non-hydrogen) atoms. The SMILES string of the molecule is COCC1Cn2cc(C(=O)NS3(=O)=NC(=O)c4ccc5c(c4)N(CC4CCC4C(OC)/C=C/CC(C)C3C)CC3(CCCc4cc(Cl)ccc43)CO5)cc2CO1. The van der Waals surface area contributed by atoms with Crippen LogP contribution in [0.1, 0.15) is 83.5 Å². The van der Waals surface area contributed by atoms with Crippen molar-refractivity contribution in [2.24, 2.45) is 22.1 Å². The van der Waals surface area contributed by atoms with E-state index in [2.05, 4.69) is 38.3 Å². The summed E-state index contributed by atoms with van der Waals surface area (Å²) in [4.78, 5) is 30.6. The van der Waals surface area contributed by atoms with Gasteiger partial charge < -0.3 is 28.4 Å². The molecule has 13 heteroatoms. The number of methoxy groups -OCH3 is 2. The highest BCUT2D eigenvalue weighted by Gasteiger charge is 2.44. The number of hydrogen-bond donors (Lipinski definition) is 1. The Labute approximate surface area is 335 Å². The molecule has 1 spiro atoms. The van der Waals surface area contributed by atoms with Crippen molar-refractivity contribution >= 4 is 39.0 Å². The lowest BCUT2D eigenvalue weighted by molar-refractivity contribution is -0.0382. The average molecular weight is 805 g/mol. The molecule has 1 aromatic heterocycles. The summed E-state index contributed by atoms with van der Waals surface area (Å²) in [5, 5.41) is 0.0684. The van der Waals surface area contributed by atoms with Crippen molar-refractivity contribution in [1.29, 1.82) is 0 Å².